The molecule has 3 aliphatic rings. The van der Waals surface area contributed by atoms with Crippen LogP contribution in [0.3, 0.4) is 0 Å². The van der Waals surface area contributed by atoms with Crippen LogP contribution in [-0.2, 0) is 16.1 Å². The molecule has 8 heteroatoms. The highest BCUT2D eigenvalue weighted by Gasteiger charge is 2.46. The fourth-order valence-corrected chi connectivity index (χ4v) is 5.91. The van der Waals surface area contributed by atoms with Gasteiger partial charge in [0, 0.05) is 44.3 Å². The van der Waals surface area contributed by atoms with Gasteiger partial charge in [0.15, 0.2) is 0 Å². The van der Waals surface area contributed by atoms with Gasteiger partial charge in [-0.1, -0.05) is 43.2 Å². The molecule has 1 saturated carbocycles. The molecule has 2 aliphatic heterocycles. The van der Waals surface area contributed by atoms with Crippen LogP contribution in [0.4, 0.5) is 0 Å². The van der Waals surface area contributed by atoms with Gasteiger partial charge in [-0.05, 0) is 42.7 Å². The standard InChI is InChI=1S/C29H36N4O4/c1-37-23-13-11-22(12-14-23)29(36)33-25-10-6-5-9-24(25)30-28(35)26(33)19-27(34)32-17-15-31(16-18-32)20-21-7-3-2-4-8-21/h2-4,7-8,11-14,24-26H,5-6,9-10,15-20H2,1H3,(H,30,35)/t24-,25-,26-/m1/s1. The zero-order valence-corrected chi connectivity index (χ0v) is 21.5. The number of rotatable bonds is 6. The summed E-state index contributed by atoms with van der Waals surface area (Å²) >= 11 is 0. The Morgan fingerprint density at radius 1 is 0.946 bits per heavy atom. The fourth-order valence-electron chi connectivity index (χ4n) is 5.91. The van der Waals surface area contributed by atoms with Crippen LogP contribution in [0.15, 0.2) is 54.6 Å². The van der Waals surface area contributed by atoms with E-state index in [2.05, 4.69) is 22.3 Å². The van der Waals surface area contributed by atoms with E-state index in [1.54, 1.807) is 36.3 Å². The number of piperazine rings is 2. The minimum absolute atomic E-state index is 0.00956. The lowest BCUT2D eigenvalue weighted by molar-refractivity contribution is -0.141. The van der Waals surface area contributed by atoms with Crippen LogP contribution in [0.5, 0.6) is 5.75 Å². The maximum atomic E-state index is 13.8. The lowest BCUT2D eigenvalue weighted by Crippen LogP contribution is -2.68. The van der Waals surface area contributed by atoms with Crippen molar-refractivity contribution in [1.82, 2.24) is 20.0 Å². The molecule has 0 radical (unpaired) electrons. The molecule has 3 atom stereocenters. The maximum Gasteiger partial charge on any atom is 0.254 e. The molecule has 2 aromatic rings. The predicted octanol–water partition coefficient (Wildman–Crippen LogP) is 2.68. The maximum absolute atomic E-state index is 13.8. The van der Waals surface area contributed by atoms with Gasteiger partial charge in [0.25, 0.3) is 5.91 Å². The lowest BCUT2D eigenvalue weighted by atomic mass is 9.84. The van der Waals surface area contributed by atoms with Crippen molar-refractivity contribution in [3.05, 3.63) is 65.7 Å². The third-order valence-corrected chi connectivity index (χ3v) is 7.97. The molecular weight excluding hydrogens is 468 g/mol. The first-order valence-corrected chi connectivity index (χ1v) is 13.3. The van der Waals surface area contributed by atoms with E-state index in [9.17, 15) is 14.4 Å². The van der Waals surface area contributed by atoms with Crippen molar-refractivity contribution in [2.45, 2.75) is 56.8 Å². The molecule has 5 rings (SSSR count). The summed E-state index contributed by atoms with van der Waals surface area (Å²) in [6.45, 7) is 3.69. The van der Waals surface area contributed by atoms with E-state index in [1.807, 2.05) is 23.1 Å². The zero-order valence-electron chi connectivity index (χ0n) is 21.5. The Morgan fingerprint density at radius 2 is 1.65 bits per heavy atom. The number of carbonyl (C=O) groups excluding carboxylic acids is 3. The van der Waals surface area contributed by atoms with Gasteiger partial charge >= 0.3 is 0 Å². The highest BCUT2D eigenvalue weighted by atomic mass is 16.5. The number of nitrogens with one attached hydrogen (secondary N) is 1. The summed E-state index contributed by atoms with van der Waals surface area (Å²) in [5.74, 6) is 0.184. The molecule has 1 aliphatic carbocycles. The number of amides is 3. The van der Waals surface area contributed by atoms with Crippen LogP contribution in [0, 0.1) is 0 Å². The van der Waals surface area contributed by atoms with Crippen molar-refractivity contribution in [3.8, 4) is 5.75 Å². The van der Waals surface area contributed by atoms with Gasteiger partial charge in [-0.2, -0.15) is 0 Å². The monoisotopic (exact) mass is 504 g/mol. The third-order valence-electron chi connectivity index (χ3n) is 7.97. The Balaban J connectivity index is 1.28. The third kappa shape index (κ3) is 5.64. The van der Waals surface area contributed by atoms with Gasteiger partial charge in [-0.25, -0.2) is 0 Å². The Bertz CT molecular complexity index is 1100. The van der Waals surface area contributed by atoms with Gasteiger partial charge in [0.05, 0.1) is 19.6 Å². The zero-order chi connectivity index (χ0) is 25.8. The van der Waals surface area contributed by atoms with Crippen molar-refractivity contribution in [2.24, 2.45) is 0 Å². The van der Waals surface area contributed by atoms with Crippen molar-refractivity contribution >= 4 is 17.7 Å². The van der Waals surface area contributed by atoms with E-state index in [0.29, 0.717) is 24.4 Å². The molecule has 196 valence electrons. The first-order valence-electron chi connectivity index (χ1n) is 13.3. The number of hydrogen-bond donors (Lipinski definition) is 1. The highest BCUT2D eigenvalue weighted by molar-refractivity contribution is 6.00. The number of benzene rings is 2. The SMILES string of the molecule is COc1ccc(C(=O)N2[C@H](CC(=O)N3CCN(Cc4ccccc4)CC3)C(=O)N[C@@H]3CCCC[C@H]32)cc1. The van der Waals surface area contributed by atoms with Crippen LogP contribution in [-0.4, -0.2) is 83.8 Å². The molecule has 2 heterocycles. The summed E-state index contributed by atoms with van der Waals surface area (Å²) < 4.78 is 5.24. The van der Waals surface area contributed by atoms with Gasteiger partial charge in [-0.15, -0.1) is 0 Å². The molecule has 0 spiro atoms. The lowest BCUT2D eigenvalue weighted by Gasteiger charge is -2.48. The average molecular weight is 505 g/mol. The van der Waals surface area contributed by atoms with Crippen LogP contribution in [0.25, 0.3) is 0 Å². The van der Waals surface area contributed by atoms with Crippen LogP contribution in [0.2, 0.25) is 0 Å². The summed E-state index contributed by atoms with van der Waals surface area (Å²) in [6, 6.07) is 16.3. The van der Waals surface area contributed by atoms with E-state index in [-0.39, 0.29) is 36.2 Å². The molecule has 0 aromatic heterocycles. The van der Waals surface area contributed by atoms with Crippen molar-refractivity contribution in [2.75, 3.05) is 33.3 Å². The molecule has 2 saturated heterocycles. The molecular formula is C29H36N4O4. The predicted molar refractivity (Wildman–Crippen MR) is 140 cm³/mol. The van der Waals surface area contributed by atoms with E-state index in [1.165, 1.54) is 5.56 Å². The summed E-state index contributed by atoms with van der Waals surface area (Å²) in [7, 11) is 1.58. The van der Waals surface area contributed by atoms with Gasteiger partial charge in [0.1, 0.15) is 11.8 Å². The van der Waals surface area contributed by atoms with Crippen LogP contribution in [0.1, 0.15) is 48.0 Å². The second-order valence-electron chi connectivity index (χ2n) is 10.3. The summed E-state index contributed by atoms with van der Waals surface area (Å²) in [5.41, 5.74) is 1.77. The molecule has 0 unspecified atom stereocenters. The normalized spacial score (nSPS) is 24.2. The first kappa shape index (κ1) is 25.3. The second kappa shape index (κ2) is 11.3. The van der Waals surface area contributed by atoms with E-state index in [0.717, 1.165) is 45.3 Å². The number of nitrogens with zero attached hydrogens (tertiary/aromatic N) is 3. The summed E-state index contributed by atoms with van der Waals surface area (Å²) in [4.78, 5) is 46.3. The number of methoxy groups -OCH3 is 1. The Hall–Kier alpha value is -3.39. The smallest absolute Gasteiger partial charge is 0.254 e. The number of fused-ring (bicyclic) bond motifs is 1. The molecule has 3 fully saturated rings. The average Bonchev–Trinajstić information content (AvgIpc) is 2.94. The fraction of sp³-hybridized carbons (Fsp3) is 0.483. The van der Waals surface area contributed by atoms with Crippen molar-refractivity contribution in [1.29, 1.82) is 0 Å². The first-order chi connectivity index (χ1) is 18.0. The molecule has 3 amide bonds. The largest absolute Gasteiger partial charge is 0.497 e. The van der Waals surface area contributed by atoms with Gasteiger partial charge < -0.3 is 19.9 Å². The Labute approximate surface area is 218 Å². The van der Waals surface area contributed by atoms with Crippen LogP contribution < -0.4 is 10.1 Å². The molecule has 37 heavy (non-hydrogen) atoms. The minimum Gasteiger partial charge on any atom is -0.497 e. The molecule has 1 N–H and O–H groups in total. The van der Waals surface area contributed by atoms with Crippen molar-refractivity contribution < 1.29 is 19.1 Å². The number of ether oxygens (including phenoxy) is 1. The minimum atomic E-state index is -0.802. The Morgan fingerprint density at radius 3 is 2.35 bits per heavy atom. The quantitative estimate of drug-likeness (QED) is 0.654. The van der Waals surface area contributed by atoms with Crippen LogP contribution >= 0.6 is 0 Å². The van der Waals surface area contributed by atoms with Gasteiger partial charge in [-0.3, -0.25) is 19.3 Å². The van der Waals surface area contributed by atoms with E-state index < -0.39 is 6.04 Å². The second-order valence-corrected chi connectivity index (χ2v) is 10.3. The van der Waals surface area contributed by atoms with E-state index >= 15 is 0 Å². The molecule has 2 aromatic carbocycles. The van der Waals surface area contributed by atoms with Crippen molar-refractivity contribution in [3.63, 3.8) is 0 Å². The highest BCUT2D eigenvalue weighted by Crippen LogP contribution is 2.31. The number of hydrogen-bond acceptors (Lipinski definition) is 5. The molecule has 8 nitrogen and oxygen atoms in total. The summed E-state index contributed by atoms with van der Waals surface area (Å²) in [5, 5.41) is 3.13. The molecule has 0 bridgehead atoms. The topological polar surface area (TPSA) is 82.2 Å². The summed E-state index contributed by atoms with van der Waals surface area (Å²) in [6.07, 6.45) is 3.73. The van der Waals surface area contributed by atoms with Gasteiger partial charge in [0.2, 0.25) is 11.8 Å². The Kier molecular flexibility index (Phi) is 7.74. The number of carbonyl (C=O) groups is 3. The van der Waals surface area contributed by atoms with E-state index in [4.69, 9.17) is 4.74 Å².